The van der Waals surface area contributed by atoms with Gasteiger partial charge in [0.1, 0.15) is 0 Å². The zero-order valence-electron chi connectivity index (χ0n) is 10.5. The molecular formula is C13H17N3O2. The number of carboxylic acid groups (broad SMARTS) is 1. The summed E-state index contributed by atoms with van der Waals surface area (Å²) in [6.07, 6.45) is 1.82. The normalized spacial score (nSPS) is 14.6. The van der Waals surface area contributed by atoms with Crippen molar-refractivity contribution in [2.45, 2.75) is 19.4 Å². The van der Waals surface area contributed by atoms with E-state index in [1.165, 1.54) is 0 Å². The summed E-state index contributed by atoms with van der Waals surface area (Å²) in [5.74, 6) is -0.930. The first-order valence-corrected chi connectivity index (χ1v) is 5.87. The molecule has 0 bridgehead atoms. The zero-order chi connectivity index (χ0) is 13.3. The van der Waals surface area contributed by atoms with E-state index in [1.807, 2.05) is 36.7 Å². The molecule has 5 heteroatoms. The van der Waals surface area contributed by atoms with Crippen molar-refractivity contribution in [1.29, 1.82) is 0 Å². The van der Waals surface area contributed by atoms with Gasteiger partial charge >= 0.3 is 5.97 Å². The molecule has 0 aliphatic rings. The highest BCUT2D eigenvalue weighted by atomic mass is 16.4. The van der Waals surface area contributed by atoms with Crippen LogP contribution in [0.4, 0.5) is 0 Å². The van der Waals surface area contributed by atoms with E-state index in [0.717, 1.165) is 16.6 Å². The minimum absolute atomic E-state index is 0.0709. The Morgan fingerprint density at radius 2 is 2.28 bits per heavy atom. The summed E-state index contributed by atoms with van der Waals surface area (Å²) in [5, 5.41) is 8.78. The monoisotopic (exact) mass is 247 g/mol. The number of hydrogen-bond donors (Lipinski definition) is 2. The van der Waals surface area contributed by atoms with Gasteiger partial charge in [-0.05, 0) is 23.6 Å². The number of carboxylic acids is 1. The van der Waals surface area contributed by atoms with E-state index in [4.69, 9.17) is 10.8 Å². The standard InChI is InChI=1S/C13H17N3O2/c1-8(5-12(17)18)13(14)9-3-4-11-10(6-9)15-7-16(11)2/h3-4,6-8,13H,5,14H2,1-2H3,(H,17,18). The lowest BCUT2D eigenvalue weighted by molar-refractivity contribution is -0.138. The molecule has 5 nitrogen and oxygen atoms in total. The van der Waals surface area contributed by atoms with E-state index in [0.29, 0.717) is 0 Å². The largest absolute Gasteiger partial charge is 0.481 e. The van der Waals surface area contributed by atoms with Crippen LogP contribution in [0, 0.1) is 5.92 Å². The summed E-state index contributed by atoms with van der Waals surface area (Å²) in [5.41, 5.74) is 8.93. The number of aromatic nitrogens is 2. The van der Waals surface area contributed by atoms with E-state index < -0.39 is 5.97 Å². The number of nitrogens with zero attached hydrogens (tertiary/aromatic N) is 2. The summed E-state index contributed by atoms with van der Waals surface area (Å²) in [4.78, 5) is 15.0. The fourth-order valence-corrected chi connectivity index (χ4v) is 2.09. The predicted molar refractivity (Wildman–Crippen MR) is 69.1 cm³/mol. The minimum atomic E-state index is -0.822. The van der Waals surface area contributed by atoms with Crippen molar-refractivity contribution in [3.05, 3.63) is 30.1 Å². The second-order valence-electron chi connectivity index (χ2n) is 4.70. The predicted octanol–water partition coefficient (Wildman–Crippen LogP) is 1.68. The molecule has 0 aliphatic heterocycles. The van der Waals surface area contributed by atoms with Crippen molar-refractivity contribution >= 4 is 17.0 Å². The average molecular weight is 247 g/mol. The number of carbonyl (C=O) groups is 1. The first kappa shape index (κ1) is 12.6. The molecular weight excluding hydrogens is 230 g/mol. The molecule has 0 radical (unpaired) electrons. The maximum atomic E-state index is 10.7. The van der Waals surface area contributed by atoms with Crippen molar-refractivity contribution in [3.8, 4) is 0 Å². The number of aryl methyl sites for hydroxylation is 1. The van der Waals surface area contributed by atoms with Crippen LogP contribution in [0.5, 0.6) is 0 Å². The van der Waals surface area contributed by atoms with Crippen molar-refractivity contribution < 1.29 is 9.90 Å². The third kappa shape index (κ3) is 2.36. The van der Waals surface area contributed by atoms with Gasteiger partial charge in [0.05, 0.1) is 17.4 Å². The fraction of sp³-hybridized carbons (Fsp3) is 0.385. The van der Waals surface area contributed by atoms with Crippen molar-refractivity contribution in [2.75, 3.05) is 0 Å². The highest BCUT2D eigenvalue weighted by Crippen LogP contribution is 2.24. The number of imidazole rings is 1. The second kappa shape index (κ2) is 4.78. The summed E-state index contributed by atoms with van der Waals surface area (Å²) in [6, 6.07) is 5.55. The van der Waals surface area contributed by atoms with Crippen LogP contribution in [0.25, 0.3) is 11.0 Å². The maximum Gasteiger partial charge on any atom is 0.303 e. The van der Waals surface area contributed by atoms with Gasteiger partial charge in [0.25, 0.3) is 0 Å². The van der Waals surface area contributed by atoms with E-state index in [-0.39, 0.29) is 18.4 Å². The van der Waals surface area contributed by atoms with Crippen LogP contribution < -0.4 is 5.73 Å². The van der Waals surface area contributed by atoms with Crippen molar-refractivity contribution in [2.24, 2.45) is 18.7 Å². The Bertz CT molecular complexity index is 577. The molecule has 0 amide bonds. The summed E-state index contributed by atoms with van der Waals surface area (Å²) >= 11 is 0. The Kier molecular flexibility index (Phi) is 3.34. The molecule has 1 aromatic heterocycles. The Hall–Kier alpha value is -1.88. The molecule has 0 fully saturated rings. The topological polar surface area (TPSA) is 81.1 Å². The second-order valence-corrected chi connectivity index (χ2v) is 4.70. The van der Waals surface area contributed by atoms with E-state index >= 15 is 0 Å². The first-order valence-electron chi connectivity index (χ1n) is 5.87. The molecule has 1 heterocycles. The van der Waals surface area contributed by atoms with E-state index in [9.17, 15) is 4.79 Å². The molecule has 0 saturated carbocycles. The van der Waals surface area contributed by atoms with E-state index in [2.05, 4.69) is 4.98 Å². The summed E-state index contributed by atoms with van der Waals surface area (Å²) < 4.78 is 1.94. The van der Waals surface area contributed by atoms with Crippen LogP contribution in [-0.2, 0) is 11.8 Å². The lowest BCUT2D eigenvalue weighted by Gasteiger charge is -2.18. The molecule has 0 aliphatic carbocycles. The molecule has 2 atom stereocenters. The van der Waals surface area contributed by atoms with Gasteiger partial charge in [0, 0.05) is 19.5 Å². The molecule has 2 aromatic rings. The van der Waals surface area contributed by atoms with Gasteiger partial charge in [0.2, 0.25) is 0 Å². The van der Waals surface area contributed by atoms with Crippen LogP contribution in [0.15, 0.2) is 24.5 Å². The molecule has 0 saturated heterocycles. The van der Waals surface area contributed by atoms with Crippen LogP contribution in [0.2, 0.25) is 0 Å². The number of hydrogen-bond acceptors (Lipinski definition) is 3. The highest BCUT2D eigenvalue weighted by molar-refractivity contribution is 5.76. The van der Waals surface area contributed by atoms with Gasteiger partial charge in [-0.2, -0.15) is 0 Å². The Morgan fingerprint density at radius 1 is 1.56 bits per heavy atom. The van der Waals surface area contributed by atoms with Crippen molar-refractivity contribution in [3.63, 3.8) is 0 Å². The lowest BCUT2D eigenvalue weighted by atomic mass is 9.92. The Labute approximate surface area is 105 Å². The number of fused-ring (bicyclic) bond motifs is 1. The molecule has 0 spiro atoms. The maximum absolute atomic E-state index is 10.7. The lowest BCUT2D eigenvalue weighted by Crippen LogP contribution is -2.21. The number of nitrogens with two attached hydrogens (primary N) is 1. The number of rotatable bonds is 4. The van der Waals surface area contributed by atoms with E-state index in [1.54, 1.807) is 6.33 Å². The SMILES string of the molecule is CC(CC(=O)O)C(N)c1ccc2c(c1)ncn2C. The van der Waals surface area contributed by atoms with Crippen molar-refractivity contribution in [1.82, 2.24) is 9.55 Å². The van der Waals surface area contributed by atoms with Gasteiger partial charge in [-0.25, -0.2) is 4.98 Å². The zero-order valence-corrected chi connectivity index (χ0v) is 10.5. The third-order valence-corrected chi connectivity index (χ3v) is 3.24. The minimum Gasteiger partial charge on any atom is -0.481 e. The van der Waals surface area contributed by atoms with Gasteiger partial charge in [-0.3, -0.25) is 4.79 Å². The van der Waals surface area contributed by atoms with Gasteiger partial charge in [-0.1, -0.05) is 13.0 Å². The smallest absolute Gasteiger partial charge is 0.303 e. The van der Waals surface area contributed by atoms with Gasteiger partial charge in [-0.15, -0.1) is 0 Å². The summed E-state index contributed by atoms with van der Waals surface area (Å²) in [6.45, 7) is 1.85. The van der Waals surface area contributed by atoms with Gasteiger partial charge < -0.3 is 15.4 Å². The molecule has 96 valence electrons. The van der Waals surface area contributed by atoms with Crippen LogP contribution in [0.3, 0.4) is 0 Å². The summed E-state index contributed by atoms with van der Waals surface area (Å²) in [7, 11) is 1.93. The first-order chi connectivity index (χ1) is 8.49. The highest BCUT2D eigenvalue weighted by Gasteiger charge is 2.18. The molecule has 2 unspecified atom stereocenters. The third-order valence-electron chi connectivity index (χ3n) is 3.24. The molecule has 18 heavy (non-hydrogen) atoms. The number of aliphatic carboxylic acids is 1. The number of benzene rings is 1. The molecule has 1 aromatic carbocycles. The average Bonchev–Trinajstić information content (AvgIpc) is 2.69. The van der Waals surface area contributed by atoms with Crippen LogP contribution in [-0.4, -0.2) is 20.6 Å². The van der Waals surface area contributed by atoms with Gasteiger partial charge in [0.15, 0.2) is 0 Å². The Balaban J connectivity index is 2.27. The molecule has 3 N–H and O–H groups in total. The quantitative estimate of drug-likeness (QED) is 0.861. The fourth-order valence-electron chi connectivity index (χ4n) is 2.09. The Morgan fingerprint density at radius 3 is 2.94 bits per heavy atom. The van der Waals surface area contributed by atoms with Crippen LogP contribution in [0.1, 0.15) is 24.9 Å². The molecule has 2 rings (SSSR count). The van der Waals surface area contributed by atoms with Crippen LogP contribution >= 0.6 is 0 Å².